The van der Waals surface area contributed by atoms with Gasteiger partial charge >= 0.3 is 0 Å². The molecule has 1 heterocycles. The first kappa shape index (κ1) is 12.0. The molecular formula is C12H11ClFN3. The quantitative estimate of drug-likeness (QED) is 0.893. The number of rotatable bonds is 2. The minimum atomic E-state index is -0.453. The molecule has 0 radical (unpaired) electrons. The molecule has 0 unspecified atom stereocenters. The molecule has 2 aromatic rings. The summed E-state index contributed by atoms with van der Waals surface area (Å²) in [5.41, 5.74) is 7.92. The van der Waals surface area contributed by atoms with E-state index in [-0.39, 0.29) is 5.02 Å². The van der Waals surface area contributed by atoms with Crippen LogP contribution in [0.15, 0.2) is 24.4 Å². The van der Waals surface area contributed by atoms with E-state index in [1.165, 1.54) is 12.1 Å². The largest absolute Gasteiger partial charge is 0.326 e. The summed E-state index contributed by atoms with van der Waals surface area (Å²) in [5.74, 6) is 0.0623. The number of hydrogen-bond acceptors (Lipinski definition) is 3. The van der Waals surface area contributed by atoms with Crippen LogP contribution >= 0.6 is 11.6 Å². The normalized spacial score (nSPS) is 10.6. The molecular weight excluding hydrogens is 241 g/mol. The molecule has 88 valence electrons. The Morgan fingerprint density at radius 2 is 2.18 bits per heavy atom. The molecule has 1 aromatic heterocycles. The lowest BCUT2D eigenvalue weighted by Crippen LogP contribution is -2.03. The van der Waals surface area contributed by atoms with Crippen LogP contribution < -0.4 is 5.73 Å². The topological polar surface area (TPSA) is 51.8 Å². The first-order valence-electron chi connectivity index (χ1n) is 5.10. The van der Waals surface area contributed by atoms with Gasteiger partial charge in [-0.2, -0.15) is 0 Å². The summed E-state index contributed by atoms with van der Waals surface area (Å²) in [6, 6.07) is 4.40. The van der Waals surface area contributed by atoms with Crippen LogP contribution in [-0.2, 0) is 6.54 Å². The van der Waals surface area contributed by atoms with Crippen molar-refractivity contribution in [2.24, 2.45) is 5.73 Å². The molecule has 0 fully saturated rings. The van der Waals surface area contributed by atoms with E-state index in [9.17, 15) is 4.39 Å². The molecule has 0 aliphatic carbocycles. The summed E-state index contributed by atoms with van der Waals surface area (Å²) >= 11 is 5.71. The van der Waals surface area contributed by atoms with E-state index in [1.54, 1.807) is 12.3 Å². The third kappa shape index (κ3) is 2.43. The van der Waals surface area contributed by atoms with Crippen LogP contribution in [0.2, 0.25) is 5.02 Å². The highest BCUT2D eigenvalue weighted by Crippen LogP contribution is 2.22. The van der Waals surface area contributed by atoms with E-state index in [0.717, 1.165) is 11.3 Å². The number of halogens is 2. The number of benzene rings is 1. The van der Waals surface area contributed by atoms with Gasteiger partial charge in [-0.3, -0.25) is 0 Å². The Labute approximate surface area is 103 Å². The number of aryl methyl sites for hydroxylation is 1. The molecule has 0 saturated heterocycles. The second-order valence-electron chi connectivity index (χ2n) is 3.64. The van der Waals surface area contributed by atoms with Crippen molar-refractivity contribution >= 4 is 11.6 Å². The zero-order chi connectivity index (χ0) is 12.4. The van der Waals surface area contributed by atoms with Crippen LogP contribution in [0.4, 0.5) is 4.39 Å². The molecule has 3 nitrogen and oxygen atoms in total. The molecule has 2 N–H and O–H groups in total. The summed E-state index contributed by atoms with van der Waals surface area (Å²) in [4.78, 5) is 8.49. The fourth-order valence-corrected chi connectivity index (χ4v) is 1.65. The molecule has 0 atom stereocenters. The molecule has 0 aliphatic heterocycles. The van der Waals surface area contributed by atoms with Gasteiger partial charge in [0, 0.05) is 29.6 Å². The van der Waals surface area contributed by atoms with Crippen LogP contribution in [0.5, 0.6) is 0 Å². The Balaban J connectivity index is 2.46. The predicted octanol–water partition coefficient (Wildman–Crippen LogP) is 2.70. The summed E-state index contributed by atoms with van der Waals surface area (Å²) in [5, 5.41) is 0.0617. The summed E-state index contributed by atoms with van der Waals surface area (Å²) < 4.78 is 13.0. The monoisotopic (exact) mass is 251 g/mol. The average Bonchev–Trinajstić information content (AvgIpc) is 2.32. The molecule has 2 rings (SSSR count). The van der Waals surface area contributed by atoms with Gasteiger partial charge in [0.15, 0.2) is 5.82 Å². The third-order valence-corrected chi connectivity index (χ3v) is 2.77. The van der Waals surface area contributed by atoms with Crippen LogP contribution in [-0.4, -0.2) is 9.97 Å². The summed E-state index contributed by atoms with van der Waals surface area (Å²) in [6.45, 7) is 2.26. The SMILES string of the molecule is Cc1nc(-c2ccc(F)c(Cl)c2)ncc1CN. The minimum absolute atomic E-state index is 0.0617. The van der Waals surface area contributed by atoms with Crippen molar-refractivity contribution in [3.05, 3.63) is 46.5 Å². The van der Waals surface area contributed by atoms with Crippen molar-refractivity contribution in [2.45, 2.75) is 13.5 Å². The number of aromatic nitrogens is 2. The van der Waals surface area contributed by atoms with E-state index in [4.69, 9.17) is 17.3 Å². The van der Waals surface area contributed by atoms with Crippen LogP contribution in [0.1, 0.15) is 11.3 Å². The molecule has 0 spiro atoms. The van der Waals surface area contributed by atoms with E-state index in [0.29, 0.717) is 17.9 Å². The Morgan fingerprint density at radius 3 is 2.76 bits per heavy atom. The van der Waals surface area contributed by atoms with Gasteiger partial charge in [0.2, 0.25) is 0 Å². The second kappa shape index (κ2) is 4.77. The fraction of sp³-hybridized carbons (Fsp3) is 0.167. The Morgan fingerprint density at radius 1 is 1.41 bits per heavy atom. The van der Waals surface area contributed by atoms with Crippen molar-refractivity contribution in [1.82, 2.24) is 9.97 Å². The lowest BCUT2D eigenvalue weighted by atomic mass is 10.2. The molecule has 0 bridgehead atoms. The minimum Gasteiger partial charge on any atom is -0.326 e. The highest BCUT2D eigenvalue weighted by atomic mass is 35.5. The Kier molecular flexibility index (Phi) is 3.36. The van der Waals surface area contributed by atoms with E-state index < -0.39 is 5.82 Å². The van der Waals surface area contributed by atoms with Crippen molar-refractivity contribution in [1.29, 1.82) is 0 Å². The third-order valence-electron chi connectivity index (χ3n) is 2.48. The Hall–Kier alpha value is -1.52. The van der Waals surface area contributed by atoms with E-state index in [1.807, 2.05) is 6.92 Å². The first-order valence-corrected chi connectivity index (χ1v) is 5.47. The average molecular weight is 252 g/mol. The Bertz CT molecular complexity index is 557. The predicted molar refractivity (Wildman–Crippen MR) is 65.1 cm³/mol. The van der Waals surface area contributed by atoms with E-state index >= 15 is 0 Å². The standard InChI is InChI=1S/C12H11ClFN3/c1-7-9(5-15)6-16-12(17-7)8-2-3-11(14)10(13)4-8/h2-4,6H,5,15H2,1H3. The lowest BCUT2D eigenvalue weighted by molar-refractivity contribution is 0.628. The van der Waals surface area contributed by atoms with Gasteiger partial charge < -0.3 is 5.73 Å². The molecule has 0 amide bonds. The maximum atomic E-state index is 13.0. The maximum absolute atomic E-state index is 13.0. The molecule has 0 aliphatic rings. The number of nitrogens with two attached hydrogens (primary N) is 1. The summed E-state index contributed by atoms with van der Waals surface area (Å²) in [6.07, 6.45) is 1.68. The van der Waals surface area contributed by atoms with Crippen LogP contribution in [0.3, 0.4) is 0 Å². The maximum Gasteiger partial charge on any atom is 0.159 e. The molecule has 0 saturated carbocycles. The van der Waals surface area contributed by atoms with Crippen LogP contribution in [0, 0.1) is 12.7 Å². The van der Waals surface area contributed by atoms with Crippen molar-refractivity contribution < 1.29 is 4.39 Å². The lowest BCUT2D eigenvalue weighted by Gasteiger charge is -2.05. The number of nitrogens with zero attached hydrogens (tertiary/aromatic N) is 2. The highest BCUT2D eigenvalue weighted by Gasteiger charge is 2.07. The smallest absolute Gasteiger partial charge is 0.159 e. The van der Waals surface area contributed by atoms with Gasteiger partial charge in [0.25, 0.3) is 0 Å². The number of hydrogen-bond donors (Lipinski definition) is 1. The van der Waals surface area contributed by atoms with Gasteiger partial charge in [-0.15, -0.1) is 0 Å². The van der Waals surface area contributed by atoms with Gasteiger partial charge in [-0.1, -0.05) is 11.6 Å². The van der Waals surface area contributed by atoms with Gasteiger partial charge in [0.05, 0.1) is 5.02 Å². The second-order valence-corrected chi connectivity index (χ2v) is 4.04. The van der Waals surface area contributed by atoms with E-state index in [2.05, 4.69) is 9.97 Å². The fourth-order valence-electron chi connectivity index (χ4n) is 1.47. The molecule has 1 aromatic carbocycles. The first-order chi connectivity index (χ1) is 8.11. The van der Waals surface area contributed by atoms with Crippen molar-refractivity contribution in [3.63, 3.8) is 0 Å². The van der Waals surface area contributed by atoms with Gasteiger partial charge in [-0.05, 0) is 25.1 Å². The summed E-state index contributed by atoms with van der Waals surface area (Å²) in [7, 11) is 0. The highest BCUT2D eigenvalue weighted by molar-refractivity contribution is 6.31. The molecule has 5 heteroatoms. The van der Waals surface area contributed by atoms with Crippen molar-refractivity contribution in [3.8, 4) is 11.4 Å². The van der Waals surface area contributed by atoms with Gasteiger partial charge in [0.1, 0.15) is 5.82 Å². The van der Waals surface area contributed by atoms with Gasteiger partial charge in [-0.25, -0.2) is 14.4 Å². The van der Waals surface area contributed by atoms with Crippen LogP contribution in [0.25, 0.3) is 11.4 Å². The zero-order valence-corrected chi connectivity index (χ0v) is 10.0. The molecule has 17 heavy (non-hydrogen) atoms. The zero-order valence-electron chi connectivity index (χ0n) is 9.24. The van der Waals surface area contributed by atoms with Crippen molar-refractivity contribution in [2.75, 3.05) is 0 Å².